The van der Waals surface area contributed by atoms with E-state index in [4.69, 9.17) is 5.11 Å². The Kier molecular flexibility index (Phi) is 4.57. The second kappa shape index (κ2) is 6.19. The minimum atomic E-state index is -1.06. The summed E-state index contributed by atoms with van der Waals surface area (Å²) >= 11 is 6.44. The van der Waals surface area contributed by atoms with E-state index in [1.54, 1.807) is 30.3 Å². The maximum absolute atomic E-state index is 12.0. The number of nitrogens with one attached hydrogen (secondary N) is 1. The maximum atomic E-state index is 12.0. The van der Waals surface area contributed by atoms with Crippen LogP contribution in [0.1, 0.15) is 20.7 Å². The van der Waals surface area contributed by atoms with Gasteiger partial charge in [0.2, 0.25) is 0 Å². The molecule has 0 aliphatic heterocycles. The topological polar surface area (TPSA) is 66.4 Å². The first kappa shape index (κ1) is 14.7. The molecule has 0 fully saturated rings. The highest BCUT2D eigenvalue weighted by Crippen LogP contribution is 2.22. The lowest BCUT2D eigenvalue weighted by molar-refractivity contribution is 0.0695. The maximum Gasteiger partial charge on any atom is 0.336 e. The van der Waals surface area contributed by atoms with E-state index in [0.29, 0.717) is 15.7 Å². The van der Waals surface area contributed by atoms with Crippen LogP contribution in [-0.2, 0) is 0 Å². The Hall–Kier alpha value is -1.66. The molecule has 0 radical (unpaired) electrons. The number of hydrogen-bond acceptors (Lipinski definition) is 2. The van der Waals surface area contributed by atoms with E-state index in [9.17, 15) is 9.59 Å². The first-order valence-corrected chi connectivity index (χ1v) is 7.16. The molecule has 0 aliphatic carbocycles. The number of rotatable bonds is 3. The SMILES string of the molecule is O=C(Nc1ccc(Br)c(C(=O)O)c1)c1cccc(Br)c1. The van der Waals surface area contributed by atoms with Crippen molar-refractivity contribution in [2.45, 2.75) is 0 Å². The van der Waals surface area contributed by atoms with Gasteiger partial charge in [0.05, 0.1) is 5.56 Å². The summed E-state index contributed by atoms with van der Waals surface area (Å²) in [5.41, 5.74) is 1.01. The molecule has 20 heavy (non-hydrogen) atoms. The fraction of sp³-hybridized carbons (Fsp3) is 0. The Bertz CT molecular complexity index is 686. The summed E-state index contributed by atoms with van der Waals surface area (Å²) in [7, 11) is 0. The van der Waals surface area contributed by atoms with E-state index in [-0.39, 0.29) is 11.5 Å². The normalized spacial score (nSPS) is 10.1. The van der Waals surface area contributed by atoms with E-state index in [0.717, 1.165) is 4.47 Å². The number of anilines is 1. The summed E-state index contributed by atoms with van der Waals surface area (Å²) < 4.78 is 1.26. The zero-order valence-corrected chi connectivity index (χ0v) is 13.2. The monoisotopic (exact) mass is 397 g/mol. The Labute approximate surface area is 132 Å². The van der Waals surface area contributed by atoms with Crippen LogP contribution in [0, 0.1) is 0 Å². The zero-order chi connectivity index (χ0) is 14.7. The molecule has 0 aromatic heterocycles. The van der Waals surface area contributed by atoms with Gasteiger partial charge in [0.1, 0.15) is 0 Å². The van der Waals surface area contributed by atoms with Crippen LogP contribution in [0.5, 0.6) is 0 Å². The molecule has 0 spiro atoms. The van der Waals surface area contributed by atoms with Gasteiger partial charge in [-0.2, -0.15) is 0 Å². The fourth-order valence-corrected chi connectivity index (χ4v) is 2.42. The molecule has 4 nitrogen and oxygen atoms in total. The van der Waals surface area contributed by atoms with Gasteiger partial charge in [-0.05, 0) is 52.3 Å². The number of carbonyl (C=O) groups is 2. The zero-order valence-electron chi connectivity index (χ0n) is 10.1. The summed E-state index contributed by atoms with van der Waals surface area (Å²) in [5.74, 6) is -1.36. The van der Waals surface area contributed by atoms with E-state index in [1.807, 2.05) is 6.07 Å². The number of halogens is 2. The van der Waals surface area contributed by atoms with Gasteiger partial charge in [-0.1, -0.05) is 22.0 Å². The van der Waals surface area contributed by atoms with Crippen molar-refractivity contribution >= 4 is 49.4 Å². The van der Waals surface area contributed by atoms with Crippen LogP contribution in [0.4, 0.5) is 5.69 Å². The van der Waals surface area contributed by atoms with Crippen molar-refractivity contribution in [3.8, 4) is 0 Å². The number of benzene rings is 2. The molecule has 0 saturated carbocycles. The van der Waals surface area contributed by atoms with Gasteiger partial charge in [0.25, 0.3) is 5.91 Å². The molecule has 0 atom stereocenters. The molecule has 102 valence electrons. The first-order chi connectivity index (χ1) is 9.47. The van der Waals surface area contributed by atoms with E-state index in [2.05, 4.69) is 37.2 Å². The average molecular weight is 399 g/mol. The summed E-state index contributed by atoms with van der Waals surface area (Å²) in [6, 6.07) is 11.6. The third-order valence-corrected chi connectivity index (χ3v) is 3.73. The highest BCUT2D eigenvalue weighted by molar-refractivity contribution is 9.10. The first-order valence-electron chi connectivity index (χ1n) is 5.57. The van der Waals surface area contributed by atoms with Crippen molar-refractivity contribution in [1.29, 1.82) is 0 Å². The number of carboxylic acid groups (broad SMARTS) is 1. The Morgan fingerprint density at radius 3 is 2.45 bits per heavy atom. The molecule has 2 aromatic carbocycles. The Morgan fingerprint density at radius 1 is 1.05 bits per heavy atom. The molecular formula is C14H9Br2NO3. The van der Waals surface area contributed by atoms with Gasteiger partial charge in [-0.3, -0.25) is 4.79 Å². The summed E-state index contributed by atoms with van der Waals surface area (Å²) in [6.45, 7) is 0. The minimum absolute atomic E-state index is 0.0945. The van der Waals surface area contributed by atoms with Gasteiger partial charge in [-0.15, -0.1) is 0 Å². The predicted octanol–water partition coefficient (Wildman–Crippen LogP) is 4.16. The second-order valence-corrected chi connectivity index (χ2v) is 5.73. The van der Waals surface area contributed by atoms with Gasteiger partial charge < -0.3 is 10.4 Å². The molecule has 2 rings (SSSR count). The fourth-order valence-electron chi connectivity index (χ4n) is 1.60. The molecule has 2 aromatic rings. The molecule has 1 amide bonds. The minimum Gasteiger partial charge on any atom is -0.478 e. The molecular weight excluding hydrogens is 390 g/mol. The standard InChI is InChI=1S/C14H9Br2NO3/c15-9-3-1-2-8(6-9)13(18)17-10-4-5-12(16)11(7-10)14(19)20/h1-7H,(H,17,18)(H,19,20). The van der Waals surface area contributed by atoms with Crippen molar-refractivity contribution in [1.82, 2.24) is 0 Å². The van der Waals surface area contributed by atoms with Crippen LogP contribution >= 0.6 is 31.9 Å². The van der Waals surface area contributed by atoms with Gasteiger partial charge in [-0.25, -0.2) is 4.79 Å². The van der Waals surface area contributed by atoms with Crippen molar-refractivity contribution < 1.29 is 14.7 Å². The second-order valence-electron chi connectivity index (χ2n) is 3.96. The molecule has 0 aliphatic rings. The van der Waals surface area contributed by atoms with Gasteiger partial charge in [0.15, 0.2) is 0 Å². The Morgan fingerprint density at radius 2 is 1.80 bits per heavy atom. The van der Waals surface area contributed by atoms with Crippen LogP contribution in [0.15, 0.2) is 51.4 Å². The lowest BCUT2D eigenvalue weighted by Crippen LogP contribution is -2.12. The number of amides is 1. The van der Waals surface area contributed by atoms with Crippen molar-refractivity contribution in [2.24, 2.45) is 0 Å². The van der Waals surface area contributed by atoms with E-state index in [1.165, 1.54) is 6.07 Å². The lowest BCUT2D eigenvalue weighted by atomic mass is 10.2. The largest absolute Gasteiger partial charge is 0.478 e. The predicted molar refractivity (Wildman–Crippen MR) is 83.2 cm³/mol. The molecule has 0 bridgehead atoms. The van der Waals surface area contributed by atoms with E-state index < -0.39 is 5.97 Å². The molecule has 0 saturated heterocycles. The molecule has 6 heteroatoms. The highest BCUT2D eigenvalue weighted by atomic mass is 79.9. The van der Waals surface area contributed by atoms with Crippen LogP contribution < -0.4 is 5.32 Å². The van der Waals surface area contributed by atoms with E-state index >= 15 is 0 Å². The highest BCUT2D eigenvalue weighted by Gasteiger charge is 2.11. The smallest absolute Gasteiger partial charge is 0.336 e. The molecule has 0 unspecified atom stereocenters. The number of carbonyl (C=O) groups excluding carboxylic acids is 1. The van der Waals surface area contributed by atoms with Crippen LogP contribution in [0.3, 0.4) is 0 Å². The van der Waals surface area contributed by atoms with Crippen LogP contribution in [-0.4, -0.2) is 17.0 Å². The summed E-state index contributed by atoms with van der Waals surface area (Å²) in [5, 5.41) is 11.7. The molecule has 0 heterocycles. The third-order valence-electron chi connectivity index (χ3n) is 2.54. The lowest BCUT2D eigenvalue weighted by Gasteiger charge is -2.07. The van der Waals surface area contributed by atoms with Crippen LogP contribution in [0.2, 0.25) is 0 Å². The molecule has 2 N–H and O–H groups in total. The Balaban J connectivity index is 2.24. The third kappa shape index (κ3) is 3.46. The van der Waals surface area contributed by atoms with Crippen molar-refractivity contribution in [3.05, 3.63) is 62.5 Å². The summed E-state index contributed by atoms with van der Waals surface area (Å²) in [4.78, 5) is 23.1. The number of carboxylic acids is 1. The van der Waals surface area contributed by atoms with Crippen LogP contribution in [0.25, 0.3) is 0 Å². The average Bonchev–Trinajstić information content (AvgIpc) is 2.40. The summed E-state index contributed by atoms with van der Waals surface area (Å²) in [6.07, 6.45) is 0. The van der Waals surface area contributed by atoms with Gasteiger partial charge in [0, 0.05) is 20.2 Å². The number of aromatic carboxylic acids is 1. The van der Waals surface area contributed by atoms with Crippen molar-refractivity contribution in [2.75, 3.05) is 5.32 Å². The van der Waals surface area contributed by atoms with Crippen molar-refractivity contribution in [3.63, 3.8) is 0 Å². The number of hydrogen-bond donors (Lipinski definition) is 2. The quantitative estimate of drug-likeness (QED) is 0.815. The van der Waals surface area contributed by atoms with Gasteiger partial charge >= 0.3 is 5.97 Å².